The number of benzene rings is 2. The molecular weight excluding hydrogens is 290 g/mol. The molecule has 4 nitrogen and oxygen atoms in total. The third-order valence-electron chi connectivity index (χ3n) is 4.13. The monoisotopic (exact) mass is 311 g/mol. The van der Waals surface area contributed by atoms with Crippen LogP contribution in [0.5, 0.6) is 17.2 Å². The Balaban J connectivity index is 2.04. The summed E-state index contributed by atoms with van der Waals surface area (Å²) < 4.78 is 16.0. The first kappa shape index (κ1) is 15.3. The first-order valence-electron chi connectivity index (χ1n) is 7.55. The Hall–Kier alpha value is -2.62. The van der Waals surface area contributed by atoms with Crippen LogP contribution in [0.3, 0.4) is 0 Å². The molecule has 0 fully saturated rings. The van der Waals surface area contributed by atoms with Crippen LogP contribution in [-0.2, 0) is 0 Å². The van der Waals surface area contributed by atoms with E-state index in [1.54, 1.807) is 21.3 Å². The van der Waals surface area contributed by atoms with Gasteiger partial charge in [0.25, 0.3) is 0 Å². The van der Waals surface area contributed by atoms with Crippen LogP contribution >= 0.6 is 0 Å². The smallest absolute Gasteiger partial charge is 0.161 e. The van der Waals surface area contributed by atoms with Crippen molar-refractivity contribution in [1.82, 2.24) is 5.32 Å². The zero-order chi connectivity index (χ0) is 16.4. The number of rotatable bonds is 4. The van der Waals surface area contributed by atoms with E-state index in [2.05, 4.69) is 30.4 Å². The molecule has 1 aliphatic heterocycles. The maximum absolute atomic E-state index is 5.42. The van der Waals surface area contributed by atoms with Gasteiger partial charge in [-0.05, 0) is 66.1 Å². The molecule has 3 rings (SSSR count). The van der Waals surface area contributed by atoms with Crippen LogP contribution in [0.2, 0.25) is 0 Å². The zero-order valence-electron chi connectivity index (χ0n) is 13.8. The van der Waals surface area contributed by atoms with Crippen molar-refractivity contribution in [3.63, 3.8) is 0 Å². The van der Waals surface area contributed by atoms with Gasteiger partial charge in [-0.1, -0.05) is 0 Å². The minimum absolute atomic E-state index is 0.187. The third kappa shape index (κ3) is 2.84. The van der Waals surface area contributed by atoms with E-state index in [1.807, 2.05) is 24.3 Å². The molecule has 1 heterocycles. The Labute approximate surface area is 136 Å². The first-order valence-corrected chi connectivity index (χ1v) is 7.55. The highest BCUT2D eigenvalue weighted by Gasteiger charge is 2.20. The number of hydrogen-bond donors (Lipinski definition) is 1. The summed E-state index contributed by atoms with van der Waals surface area (Å²) in [4.78, 5) is 0. The van der Waals surface area contributed by atoms with Crippen molar-refractivity contribution in [3.05, 3.63) is 53.1 Å². The average molecular weight is 311 g/mol. The molecule has 2 aromatic carbocycles. The van der Waals surface area contributed by atoms with E-state index in [0.29, 0.717) is 0 Å². The summed E-state index contributed by atoms with van der Waals surface area (Å²) in [6, 6.07) is 12.3. The van der Waals surface area contributed by atoms with Crippen molar-refractivity contribution in [1.29, 1.82) is 0 Å². The lowest BCUT2D eigenvalue weighted by atomic mass is 9.94. The summed E-state index contributed by atoms with van der Waals surface area (Å²) in [5.41, 5.74) is 4.54. The number of fused-ring (bicyclic) bond motifs is 1. The maximum atomic E-state index is 5.42. The van der Waals surface area contributed by atoms with Gasteiger partial charge < -0.3 is 19.5 Å². The molecule has 1 unspecified atom stereocenters. The Kier molecular flexibility index (Phi) is 4.15. The molecule has 1 atom stereocenters. The van der Waals surface area contributed by atoms with Crippen molar-refractivity contribution in [2.24, 2.45) is 0 Å². The largest absolute Gasteiger partial charge is 0.497 e. The van der Waals surface area contributed by atoms with E-state index in [9.17, 15) is 0 Å². The van der Waals surface area contributed by atoms with Crippen LogP contribution in [0.15, 0.2) is 36.4 Å². The van der Waals surface area contributed by atoms with Crippen LogP contribution in [0.4, 0.5) is 0 Å². The molecule has 0 spiro atoms. The molecule has 0 radical (unpaired) electrons. The van der Waals surface area contributed by atoms with Gasteiger partial charge in [0.2, 0.25) is 0 Å². The molecular formula is C19H21NO3. The van der Waals surface area contributed by atoms with E-state index in [-0.39, 0.29) is 6.04 Å². The van der Waals surface area contributed by atoms with Crippen LogP contribution in [-0.4, -0.2) is 21.3 Å². The van der Waals surface area contributed by atoms with Crippen molar-refractivity contribution in [2.45, 2.75) is 13.0 Å². The standard InChI is InChI=1S/C19H21NO3/c1-12-16-11-19(23-4)18(22-3)10-14(16)9-17(20-12)13-5-7-15(21-2)8-6-13/h5-12,20H,1-4H3. The van der Waals surface area contributed by atoms with Gasteiger partial charge in [0.15, 0.2) is 11.5 Å². The van der Waals surface area contributed by atoms with Gasteiger partial charge in [0, 0.05) is 11.7 Å². The molecule has 120 valence electrons. The van der Waals surface area contributed by atoms with Crippen LogP contribution < -0.4 is 19.5 Å². The number of nitrogens with one attached hydrogen (secondary N) is 1. The number of methoxy groups -OCH3 is 3. The van der Waals surface area contributed by atoms with Gasteiger partial charge in [-0.2, -0.15) is 0 Å². The van der Waals surface area contributed by atoms with E-state index in [0.717, 1.165) is 34.1 Å². The van der Waals surface area contributed by atoms with Crippen LogP contribution in [0.1, 0.15) is 29.7 Å². The Morgan fingerprint density at radius 2 is 1.52 bits per heavy atom. The fourth-order valence-corrected chi connectivity index (χ4v) is 2.86. The summed E-state index contributed by atoms with van der Waals surface area (Å²) in [5.74, 6) is 2.34. The molecule has 1 N–H and O–H groups in total. The second-order valence-corrected chi connectivity index (χ2v) is 5.49. The highest BCUT2D eigenvalue weighted by molar-refractivity contribution is 5.84. The van der Waals surface area contributed by atoms with Gasteiger partial charge in [-0.3, -0.25) is 0 Å². The van der Waals surface area contributed by atoms with Crippen molar-refractivity contribution >= 4 is 11.8 Å². The topological polar surface area (TPSA) is 39.7 Å². The number of ether oxygens (including phenoxy) is 3. The van der Waals surface area contributed by atoms with E-state index >= 15 is 0 Å². The minimum atomic E-state index is 0.187. The molecule has 0 amide bonds. The van der Waals surface area contributed by atoms with Gasteiger partial charge in [-0.15, -0.1) is 0 Å². The molecule has 0 saturated heterocycles. The SMILES string of the molecule is COc1ccc(C2=Cc3cc(OC)c(OC)cc3C(C)N2)cc1. The van der Waals surface area contributed by atoms with Gasteiger partial charge >= 0.3 is 0 Å². The molecule has 1 aliphatic rings. The Bertz CT molecular complexity index is 735. The highest BCUT2D eigenvalue weighted by atomic mass is 16.5. The predicted octanol–water partition coefficient (Wildman–Crippen LogP) is 3.87. The first-order chi connectivity index (χ1) is 11.2. The quantitative estimate of drug-likeness (QED) is 0.930. The van der Waals surface area contributed by atoms with Gasteiger partial charge in [-0.25, -0.2) is 0 Å². The molecule has 0 aromatic heterocycles. The fraction of sp³-hybridized carbons (Fsp3) is 0.263. The maximum Gasteiger partial charge on any atom is 0.161 e. The lowest BCUT2D eigenvalue weighted by molar-refractivity contribution is 0.354. The van der Waals surface area contributed by atoms with E-state index < -0.39 is 0 Å². The summed E-state index contributed by atoms with van der Waals surface area (Å²) in [5, 5.41) is 3.54. The van der Waals surface area contributed by atoms with Crippen molar-refractivity contribution in [3.8, 4) is 17.2 Å². The second-order valence-electron chi connectivity index (χ2n) is 5.49. The van der Waals surface area contributed by atoms with E-state index in [1.165, 1.54) is 5.56 Å². The zero-order valence-corrected chi connectivity index (χ0v) is 13.8. The Morgan fingerprint density at radius 3 is 2.13 bits per heavy atom. The molecule has 2 aromatic rings. The van der Waals surface area contributed by atoms with E-state index in [4.69, 9.17) is 14.2 Å². The number of hydrogen-bond acceptors (Lipinski definition) is 4. The summed E-state index contributed by atoms with van der Waals surface area (Å²) >= 11 is 0. The van der Waals surface area contributed by atoms with Gasteiger partial charge in [0.05, 0.1) is 21.3 Å². The van der Waals surface area contributed by atoms with Gasteiger partial charge in [0.1, 0.15) is 5.75 Å². The third-order valence-corrected chi connectivity index (χ3v) is 4.13. The summed E-state index contributed by atoms with van der Waals surface area (Å²) in [6.45, 7) is 2.14. The van der Waals surface area contributed by atoms with Crippen LogP contribution in [0.25, 0.3) is 11.8 Å². The molecule has 23 heavy (non-hydrogen) atoms. The molecule has 0 saturated carbocycles. The average Bonchev–Trinajstić information content (AvgIpc) is 2.60. The highest BCUT2D eigenvalue weighted by Crippen LogP contribution is 2.38. The lowest BCUT2D eigenvalue weighted by Gasteiger charge is -2.26. The lowest BCUT2D eigenvalue weighted by Crippen LogP contribution is -2.21. The second kappa shape index (κ2) is 6.24. The van der Waals surface area contributed by atoms with Crippen molar-refractivity contribution in [2.75, 3.05) is 21.3 Å². The molecule has 0 bridgehead atoms. The predicted molar refractivity (Wildman–Crippen MR) is 92.0 cm³/mol. The summed E-state index contributed by atoms with van der Waals surface area (Å²) in [7, 11) is 4.98. The summed E-state index contributed by atoms with van der Waals surface area (Å²) in [6.07, 6.45) is 2.14. The van der Waals surface area contributed by atoms with Crippen LogP contribution in [0, 0.1) is 0 Å². The minimum Gasteiger partial charge on any atom is -0.497 e. The fourth-order valence-electron chi connectivity index (χ4n) is 2.86. The molecule has 4 heteroatoms. The molecule has 0 aliphatic carbocycles. The normalized spacial score (nSPS) is 16.0. The Morgan fingerprint density at radius 1 is 0.870 bits per heavy atom. The van der Waals surface area contributed by atoms with Crippen molar-refractivity contribution < 1.29 is 14.2 Å².